The average Bonchev–Trinajstić information content (AvgIpc) is 2.64. The number of carbonyl (C=O) groups is 2. The number of aliphatic hydroxyl groups excluding tert-OH is 1. The van der Waals surface area contributed by atoms with E-state index in [9.17, 15) is 18.4 Å². The molecule has 8 heteroatoms. The second-order valence-electron chi connectivity index (χ2n) is 3.95. The third kappa shape index (κ3) is 2.63. The van der Waals surface area contributed by atoms with Gasteiger partial charge in [-0.15, -0.1) is 0 Å². The second-order valence-corrected chi connectivity index (χ2v) is 4.36. The Morgan fingerprint density at radius 2 is 1.95 bits per heavy atom. The molecule has 1 heterocycles. The molecule has 0 spiro atoms. The molecule has 0 radical (unpaired) electrons. The molecular weight excluding hydrogens is 294 g/mol. The van der Waals surface area contributed by atoms with Crippen molar-refractivity contribution in [1.82, 2.24) is 4.90 Å². The van der Waals surface area contributed by atoms with E-state index in [1.54, 1.807) is 0 Å². The summed E-state index contributed by atoms with van der Waals surface area (Å²) in [5, 5.41) is 10.8. The maximum atomic E-state index is 13.5. The minimum Gasteiger partial charge on any atom is -0.395 e. The van der Waals surface area contributed by atoms with Gasteiger partial charge in [0.2, 0.25) is 0 Å². The van der Waals surface area contributed by atoms with Crippen molar-refractivity contribution in [3.8, 4) is 0 Å². The van der Waals surface area contributed by atoms with Crippen LogP contribution in [0.25, 0.3) is 0 Å². The Morgan fingerprint density at radius 3 is 2.60 bits per heavy atom. The summed E-state index contributed by atoms with van der Waals surface area (Å²) in [6.45, 7) is -0.540. The van der Waals surface area contributed by atoms with Crippen molar-refractivity contribution in [2.45, 2.75) is 0 Å². The predicted octanol–water partition coefficient (Wildman–Crippen LogP) is 1.28. The zero-order valence-corrected chi connectivity index (χ0v) is 10.7. The minimum atomic E-state index is -0.950. The lowest BCUT2D eigenvalue weighted by molar-refractivity contribution is -0.137. The van der Waals surface area contributed by atoms with Gasteiger partial charge in [0.25, 0.3) is 11.8 Å². The van der Waals surface area contributed by atoms with Crippen LogP contribution >= 0.6 is 11.6 Å². The van der Waals surface area contributed by atoms with Gasteiger partial charge in [0.1, 0.15) is 17.3 Å². The fourth-order valence-electron chi connectivity index (χ4n) is 1.67. The van der Waals surface area contributed by atoms with Gasteiger partial charge in [-0.25, -0.2) is 8.78 Å². The van der Waals surface area contributed by atoms with Crippen LogP contribution in [0.15, 0.2) is 23.9 Å². The van der Waals surface area contributed by atoms with Crippen molar-refractivity contribution >= 4 is 29.1 Å². The second kappa shape index (κ2) is 5.56. The highest BCUT2D eigenvalue weighted by Gasteiger charge is 2.31. The quantitative estimate of drug-likeness (QED) is 0.649. The lowest BCUT2D eigenvalue weighted by Crippen LogP contribution is -2.34. The number of hydrogen-bond acceptors (Lipinski definition) is 4. The third-order valence-electron chi connectivity index (χ3n) is 2.61. The number of rotatable bonds is 4. The van der Waals surface area contributed by atoms with Crippen molar-refractivity contribution in [3.63, 3.8) is 0 Å². The number of anilines is 1. The van der Waals surface area contributed by atoms with Crippen molar-refractivity contribution in [2.75, 3.05) is 18.5 Å². The summed E-state index contributed by atoms with van der Waals surface area (Å²) in [5.74, 6) is -3.21. The van der Waals surface area contributed by atoms with E-state index in [2.05, 4.69) is 5.32 Å². The van der Waals surface area contributed by atoms with Crippen molar-refractivity contribution in [3.05, 3.63) is 40.6 Å². The molecule has 20 heavy (non-hydrogen) atoms. The molecule has 0 fully saturated rings. The average molecular weight is 303 g/mol. The van der Waals surface area contributed by atoms with E-state index in [-0.39, 0.29) is 29.6 Å². The predicted molar refractivity (Wildman–Crippen MR) is 66.9 cm³/mol. The van der Waals surface area contributed by atoms with Gasteiger partial charge in [-0.05, 0) is 6.07 Å². The van der Waals surface area contributed by atoms with Gasteiger partial charge in [0, 0.05) is 12.1 Å². The molecule has 0 aliphatic carbocycles. The molecule has 5 nitrogen and oxygen atoms in total. The number of nitrogens with one attached hydrogen (secondary N) is 1. The van der Waals surface area contributed by atoms with Crippen LogP contribution in [-0.4, -0.2) is 35.0 Å². The molecule has 0 aromatic heterocycles. The highest BCUT2D eigenvalue weighted by molar-refractivity contribution is 6.31. The Hall–Kier alpha value is -1.99. The number of imide groups is 1. The van der Waals surface area contributed by atoms with Crippen LogP contribution in [0.4, 0.5) is 14.5 Å². The molecular formula is C12H9ClF2N2O3. The summed E-state index contributed by atoms with van der Waals surface area (Å²) in [6, 6.07) is 1.54. The lowest BCUT2D eigenvalue weighted by atomic mass is 10.2. The summed E-state index contributed by atoms with van der Waals surface area (Å²) in [6.07, 6.45) is 0.967. The topological polar surface area (TPSA) is 69.6 Å². The molecule has 0 unspecified atom stereocenters. The number of benzene rings is 1. The molecule has 106 valence electrons. The number of amides is 2. The first kappa shape index (κ1) is 14.4. The first-order chi connectivity index (χ1) is 9.43. The first-order valence-corrected chi connectivity index (χ1v) is 5.91. The van der Waals surface area contributed by atoms with E-state index in [0.717, 1.165) is 17.0 Å². The van der Waals surface area contributed by atoms with Crippen molar-refractivity contribution in [2.24, 2.45) is 0 Å². The molecule has 2 amide bonds. The van der Waals surface area contributed by atoms with Gasteiger partial charge in [0.15, 0.2) is 0 Å². The minimum absolute atomic E-state index is 0.161. The van der Waals surface area contributed by atoms with E-state index >= 15 is 0 Å². The van der Waals surface area contributed by atoms with Gasteiger partial charge in [-0.1, -0.05) is 11.6 Å². The van der Waals surface area contributed by atoms with Crippen LogP contribution in [0, 0.1) is 11.6 Å². The van der Waals surface area contributed by atoms with E-state index in [1.165, 1.54) is 0 Å². The maximum Gasteiger partial charge on any atom is 0.277 e. The Kier molecular flexibility index (Phi) is 4.01. The third-order valence-corrected chi connectivity index (χ3v) is 2.90. The van der Waals surface area contributed by atoms with Gasteiger partial charge < -0.3 is 10.4 Å². The molecule has 1 aliphatic heterocycles. The van der Waals surface area contributed by atoms with E-state index in [1.807, 2.05) is 0 Å². The monoisotopic (exact) mass is 302 g/mol. The van der Waals surface area contributed by atoms with Crippen LogP contribution in [0.3, 0.4) is 0 Å². The van der Waals surface area contributed by atoms with Crippen molar-refractivity contribution < 1.29 is 23.5 Å². The van der Waals surface area contributed by atoms with Gasteiger partial charge in [-0.3, -0.25) is 14.5 Å². The number of carbonyl (C=O) groups excluding carboxylic acids is 2. The number of halogens is 3. The van der Waals surface area contributed by atoms with E-state index < -0.39 is 23.4 Å². The fraction of sp³-hybridized carbons (Fsp3) is 0.167. The van der Waals surface area contributed by atoms with Crippen LogP contribution in [0.1, 0.15) is 0 Å². The number of nitrogens with zero attached hydrogens (tertiary/aromatic N) is 1. The standard InChI is InChI=1S/C12H9ClF2N2O3/c13-6-3-9(8(15)4-7(6)14)16-10-5-11(19)17(1-2-18)12(10)20/h3-5,16,18H,1-2H2. The molecule has 0 atom stereocenters. The van der Waals surface area contributed by atoms with Gasteiger partial charge >= 0.3 is 0 Å². The molecule has 0 saturated heterocycles. The van der Waals surface area contributed by atoms with Crippen LogP contribution in [0.2, 0.25) is 5.02 Å². The zero-order chi connectivity index (χ0) is 14.9. The van der Waals surface area contributed by atoms with Crippen molar-refractivity contribution in [1.29, 1.82) is 0 Å². The highest BCUT2D eigenvalue weighted by Crippen LogP contribution is 2.25. The van der Waals surface area contributed by atoms with E-state index in [4.69, 9.17) is 16.7 Å². The normalized spacial score (nSPS) is 14.8. The Balaban J connectivity index is 2.23. The Bertz CT molecular complexity index is 619. The smallest absolute Gasteiger partial charge is 0.277 e. The SMILES string of the molecule is O=C1C=C(Nc2cc(Cl)c(F)cc2F)C(=O)N1CCO. The van der Waals surface area contributed by atoms with Crippen LogP contribution < -0.4 is 5.32 Å². The summed E-state index contributed by atoms with van der Waals surface area (Å²) in [4.78, 5) is 24.1. The molecule has 2 rings (SSSR count). The zero-order valence-electron chi connectivity index (χ0n) is 9.99. The summed E-state index contributed by atoms with van der Waals surface area (Å²) in [7, 11) is 0. The molecule has 0 saturated carbocycles. The molecule has 1 aromatic carbocycles. The fourth-order valence-corrected chi connectivity index (χ4v) is 1.84. The highest BCUT2D eigenvalue weighted by atomic mass is 35.5. The summed E-state index contributed by atoms with van der Waals surface area (Å²) < 4.78 is 26.5. The molecule has 1 aromatic rings. The summed E-state index contributed by atoms with van der Waals surface area (Å²) in [5.41, 5.74) is -0.403. The van der Waals surface area contributed by atoms with Crippen LogP contribution in [0.5, 0.6) is 0 Å². The lowest BCUT2D eigenvalue weighted by Gasteiger charge is -2.13. The van der Waals surface area contributed by atoms with E-state index in [0.29, 0.717) is 6.07 Å². The number of β-amino-alcohol motifs (C(OH)–C–C–N with tert-alkyl or cyclic N) is 1. The summed E-state index contributed by atoms with van der Waals surface area (Å²) >= 11 is 5.52. The largest absolute Gasteiger partial charge is 0.395 e. The number of aliphatic hydroxyl groups is 1. The van der Waals surface area contributed by atoms with Crippen LogP contribution in [-0.2, 0) is 9.59 Å². The molecule has 2 N–H and O–H groups in total. The van der Waals surface area contributed by atoms with Gasteiger partial charge in [0.05, 0.1) is 23.9 Å². The molecule has 0 bridgehead atoms. The number of hydrogen-bond donors (Lipinski definition) is 2. The maximum absolute atomic E-state index is 13.5. The first-order valence-electron chi connectivity index (χ1n) is 5.54. The Morgan fingerprint density at radius 1 is 1.25 bits per heavy atom. The van der Waals surface area contributed by atoms with Gasteiger partial charge in [-0.2, -0.15) is 0 Å². The Labute approximate surface area is 117 Å². The molecule has 1 aliphatic rings.